The van der Waals surface area contributed by atoms with Crippen LogP contribution >= 0.6 is 11.6 Å². The minimum Gasteiger partial charge on any atom is -0.490 e. The van der Waals surface area contributed by atoms with E-state index in [0.29, 0.717) is 23.9 Å². The van der Waals surface area contributed by atoms with Gasteiger partial charge in [0.15, 0.2) is 0 Å². The van der Waals surface area contributed by atoms with Crippen LogP contribution in [-0.4, -0.2) is 18.3 Å². The highest BCUT2D eigenvalue weighted by molar-refractivity contribution is 6.32. The number of hydrogen-bond acceptors (Lipinski definition) is 3. The molecule has 0 amide bonds. The van der Waals surface area contributed by atoms with E-state index in [4.69, 9.17) is 21.4 Å². The van der Waals surface area contributed by atoms with Gasteiger partial charge in [0.2, 0.25) is 0 Å². The fourth-order valence-electron chi connectivity index (χ4n) is 1.70. The molecule has 0 radical (unpaired) electrons. The maximum atomic E-state index is 9.05. The molecule has 2 N–H and O–H groups in total. The van der Waals surface area contributed by atoms with Crippen molar-refractivity contribution in [3.8, 4) is 5.75 Å². The van der Waals surface area contributed by atoms with Crippen molar-refractivity contribution in [3.05, 3.63) is 59.1 Å². The Bertz CT molecular complexity index is 531. The van der Waals surface area contributed by atoms with Crippen LogP contribution in [0.2, 0.25) is 5.02 Å². The molecule has 0 unspecified atom stereocenters. The van der Waals surface area contributed by atoms with Crippen LogP contribution in [0.5, 0.6) is 5.75 Å². The molecule has 0 aromatic heterocycles. The minimum absolute atomic E-state index is 0.0473. The summed E-state index contributed by atoms with van der Waals surface area (Å²) in [6, 6.07) is 15.1. The molecule has 0 saturated carbocycles. The lowest BCUT2D eigenvalue weighted by atomic mass is 10.2. The molecule has 0 saturated heterocycles. The second kappa shape index (κ2) is 7.02. The van der Waals surface area contributed by atoms with Gasteiger partial charge in [-0.25, -0.2) is 0 Å². The van der Waals surface area contributed by atoms with Crippen LogP contribution in [0.1, 0.15) is 5.56 Å². The van der Waals surface area contributed by atoms with Gasteiger partial charge in [-0.2, -0.15) is 0 Å². The van der Waals surface area contributed by atoms with Gasteiger partial charge in [-0.05, 0) is 29.8 Å². The molecule has 2 rings (SSSR count). The molecule has 0 aliphatic heterocycles. The molecule has 19 heavy (non-hydrogen) atoms. The molecule has 2 aromatic rings. The van der Waals surface area contributed by atoms with E-state index in [-0.39, 0.29) is 6.61 Å². The number of anilines is 1. The van der Waals surface area contributed by atoms with Crippen LogP contribution in [0.3, 0.4) is 0 Å². The second-order valence-electron chi connectivity index (χ2n) is 4.06. The molecule has 0 bridgehead atoms. The van der Waals surface area contributed by atoms with Crippen LogP contribution in [0, 0.1) is 0 Å². The summed E-state index contributed by atoms with van der Waals surface area (Å²) in [5.41, 5.74) is 1.85. The van der Waals surface area contributed by atoms with Gasteiger partial charge in [0.1, 0.15) is 12.4 Å². The smallest absolute Gasteiger partial charge is 0.137 e. The monoisotopic (exact) mass is 277 g/mol. The van der Waals surface area contributed by atoms with Crippen LogP contribution in [0.15, 0.2) is 48.5 Å². The Kier molecular flexibility index (Phi) is 5.07. The predicted octanol–water partition coefficient (Wildman–Crippen LogP) is 3.32. The van der Waals surface area contributed by atoms with E-state index < -0.39 is 0 Å². The Morgan fingerprint density at radius 2 is 1.95 bits per heavy atom. The quantitative estimate of drug-likeness (QED) is 0.796. The van der Waals surface area contributed by atoms with Crippen molar-refractivity contribution in [2.45, 2.75) is 6.61 Å². The lowest BCUT2D eigenvalue weighted by molar-refractivity contribution is 0.282. The van der Waals surface area contributed by atoms with Crippen molar-refractivity contribution in [2.75, 3.05) is 18.5 Å². The topological polar surface area (TPSA) is 41.5 Å². The van der Waals surface area contributed by atoms with E-state index in [9.17, 15) is 0 Å². The summed E-state index contributed by atoms with van der Waals surface area (Å²) in [6.45, 7) is 1.23. The molecule has 2 aromatic carbocycles. The van der Waals surface area contributed by atoms with Gasteiger partial charge in [0.25, 0.3) is 0 Å². The molecule has 0 fully saturated rings. The molecule has 3 nitrogen and oxygen atoms in total. The van der Waals surface area contributed by atoms with Gasteiger partial charge in [0.05, 0.1) is 11.6 Å². The number of para-hydroxylation sites is 1. The first-order chi connectivity index (χ1) is 9.29. The van der Waals surface area contributed by atoms with E-state index in [1.807, 2.05) is 42.5 Å². The zero-order valence-corrected chi connectivity index (χ0v) is 11.2. The fourth-order valence-corrected chi connectivity index (χ4v) is 1.89. The highest BCUT2D eigenvalue weighted by Crippen LogP contribution is 2.22. The summed E-state index contributed by atoms with van der Waals surface area (Å²) in [4.78, 5) is 0. The van der Waals surface area contributed by atoms with E-state index in [2.05, 4.69) is 5.32 Å². The van der Waals surface area contributed by atoms with Gasteiger partial charge < -0.3 is 15.2 Å². The lowest BCUT2D eigenvalue weighted by Gasteiger charge is -2.10. The van der Waals surface area contributed by atoms with Crippen molar-refractivity contribution in [2.24, 2.45) is 0 Å². The van der Waals surface area contributed by atoms with E-state index in [1.165, 1.54) is 0 Å². The van der Waals surface area contributed by atoms with Crippen LogP contribution < -0.4 is 10.1 Å². The molecular weight excluding hydrogens is 262 g/mol. The SMILES string of the molecule is OCc1cccc(NCCOc2ccccc2Cl)c1. The Morgan fingerprint density at radius 3 is 2.74 bits per heavy atom. The van der Waals surface area contributed by atoms with Gasteiger partial charge in [-0.3, -0.25) is 0 Å². The van der Waals surface area contributed by atoms with Gasteiger partial charge in [0, 0.05) is 12.2 Å². The first-order valence-corrected chi connectivity index (χ1v) is 6.48. The average molecular weight is 278 g/mol. The molecule has 0 aliphatic rings. The Hall–Kier alpha value is -1.71. The highest BCUT2D eigenvalue weighted by atomic mass is 35.5. The first-order valence-electron chi connectivity index (χ1n) is 6.10. The fraction of sp³-hybridized carbons (Fsp3) is 0.200. The first kappa shape index (κ1) is 13.7. The number of benzene rings is 2. The molecule has 0 spiro atoms. The average Bonchev–Trinajstić information content (AvgIpc) is 2.45. The number of aliphatic hydroxyl groups excluding tert-OH is 1. The number of nitrogens with one attached hydrogen (secondary N) is 1. The van der Waals surface area contributed by atoms with Crippen molar-refractivity contribution >= 4 is 17.3 Å². The maximum absolute atomic E-state index is 9.05. The number of halogens is 1. The van der Waals surface area contributed by atoms with Crippen LogP contribution in [-0.2, 0) is 6.61 Å². The third-order valence-corrected chi connectivity index (χ3v) is 2.95. The van der Waals surface area contributed by atoms with Crippen molar-refractivity contribution in [1.82, 2.24) is 0 Å². The standard InChI is InChI=1S/C15H16ClNO2/c16-14-6-1-2-7-15(14)19-9-8-17-13-5-3-4-12(10-13)11-18/h1-7,10,17-18H,8-9,11H2. The van der Waals surface area contributed by atoms with Gasteiger partial charge >= 0.3 is 0 Å². The molecule has 0 atom stereocenters. The van der Waals surface area contributed by atoms with Crippen molar-refractivity contribution in [1.29, 1.82) is 0 Å². The highest BCUT2D eigenvalue weighted by Gasteiger charge is 1.99. The van der Waals surface area contributed by atoms with Gasteiger partial charge in [-0.1, -0.05) is 35.9 Å². The minimum atomic E-state index is 0.0473. The number of aliphatic hydroxyl groups is 1. The Balaban J connectivity index is 1.79. The van der Waals surface area contributed by atoms with Crippen LogP contribution in [0.25, 0.3) is 0 Å². The second-order valence-corrected chi connectivity index (χ2v) is 4.47. The van der Waals surface area contributed by atoms with Crippen LogP contribution in [0.4, 0.5) is 5.69 Å². The zero-order chi connectivity index (χ0) is 13.5. The van der Waals surface area contributed by atoms with E-state index in [1.54, 1.807) is 6.07 Å². The van der Waals surface area contributed by atoms with E-state index >= 15 is 0 Å². The third kappa shape index (κ3) is 4.16. The Morgan fingerprint density at radius 1 is 1.11 bits per heavy atom. The summed E-state index contributed by atoms with van der Waals surface area (Å²) < 4.78 is 5.57. The number of hydrogen-bond donors (Lipinski definition) is 2. The van der Waals surface area contributed by atoms with Crippen molar-refractivity contribution < 1.29 is 9.84 Å². The normalized spacial score (nSPS) is 10.2. The third-order valence-electron chi connectivity index (χ3n) is 2.63. The largest absolute Gasteiger partial charge is 0.490 e. The summed E-state index contributed by atoms with van der Waals surface area (Å²) in [6.07, 6.45) is 0. The summed E-state index contributed by atoms with van der Waals surface area (Å²) in [5, 5.41) is 12.9. The number of rotatable bonds is 6. The summed E-state index contributed by atoms with van der Waals surface area (Å²) >= 11 is 5.99. The molecule has 0 heterocycles. The molecule has 0 aliphatic carbocycles. The summed E-state index contributed by atoms with van der Waals surface area (Å²) in [5.74, 6) is 0.690. The lowest BCUT2D eigenvalue weighted by Crippen LogP contribution is -2.11. The molecule has 4 heteroatoms. The van der Waals surface area contributed by atoms with Gasteiger partial charge in [-0.15, -0.1) is 0 Å². The van der Waals surface area contributed by atoms with Crippen molar-refractivity contribution in [3.63, 3.8) is 0 Å². The molecular formula is C15H16ClNO2. The summed E-state index contributed by atoms with van der Waals surface area (Å²) in [7, 11) is 0. The molecule has 100 valence electrons. The number of ether oxygens (including phenoxy) is 1. The predicted molar refractivity (Wildman–Crippen MR) is 77.8 cm³/mol. The maximum Gasteiger partial charge on any atom is 0.137 e. The van der Waals surface area contributed by atoms with E-state index in [0.717, 1.165) is 11.3 Å². The Labute approximate surface area is 117 Å². The zero-order valence-electron chi connectivity index (χ0n) is 10.5.